The van der Waals surface area contributed by atoms with Crippen molar-refractivity contribution in [2.24, 2.45) is 5.92 Å². The third-order valence-electron chi connectivity index (χ3n) is 2.04. The fraction of sp³-hybridized carbons (Fsp3) is 0.300. The third-order valence-corrected chi connectivity index (χ3v) is 2.48. The molecular formula is C10H10F2O2S. The van der Waals surface area contributed by atoms with Crippen LogP contribution in [0.25, 0.3) is 0 Å². The second-order valence-corrected chi connectivity index (χ2v) is 3.54. The van der Waals surface area contributed by atoms with E-state index in [0.29, 0.717) is 5.56 Å². The van der Waals surface area contributed by atoms with Crippen LogP contribution in [0.5, 0.6) is 0 Å². The molecule has 1 N–H and O–H groups in total. The van der Waals surface area contributed by atoms with Crippen LogP contribution < -0.4 is 0 Å². The van der Waals surface area contributed by atoms with Gasteiger partial charge >= 0.3 is 5.97 Å². The lowest BCUT2D eigenvalue weighted by molar-refractivity contribution is -0.140. The molecule has 0 heterocycles. The minimum absolute atomic E-state index is 0.149. The molecule has 0 aliphatic carbocycles. The number of rotatable bonds is 4. The number of carboxylic acids is 1. The molecule has 0 spiro atoms. The fourth-order valence-electron chi connectivity index (χ4n) is 1.18. The van der Waals surface area contributed by atoms with Gasteiger partial charge in [0.25, 0.3) is 0 Å². The first kappa shape index (κ1) is 12.0. The second kappa shape index (κ2) is 5.11. The number of hydrogen-bond acceptors (Lipinski definition) is 2. The van der Waals surface area contributed by atoms with E-state index in [1.165, 1.54) is 6.07 Å². The first-order valence-corrected chi connectivity index (χ1v) is 4.95. The number of carbonyl (C=O) groups is 1. The Labute approximate surface area is 91.3 Å². The predicted octanol–water partition coefficient (Wildman–Crippen LogP) is 2.14. The Kier molecular flexibility index (Phi) is 4.08. The molecule has 82 valence electrons. The van der Waals surface area contributed by atoms with Crippen molar-refractivity contribution in [1.29, 1.82) is 0 Å². The highest BCUT2D eigenvalue weighted by molar-refractivity contribution is 7.80. The maximum atomic E-state index is 12.8. The van der Waals surface area contributed by atoms with Crippen LogP contribution >= 0.6 is 12.6 Å². The van der Waals surface area contributed by atoms with Crippen molar-refractivity contribution in [3.8, 4) is 0 Å². The van der Waals surface area contributed by atoms with Crippen LogP contribution in [0.1, 0.15) is 5.56 Å². The minimum atomic E-state index is -0.991. The van der Waals surface area contributed by atoms with Gasteiger partial charge < -0.3 is 5.11 Å². The average Bonchev–Trinajstić information content (AvgIpc) is 2.19. The zero-order chi connectivity index (χ0) is 11.4. The van der Waals surface area contributed by atoms with Crippen LogP contribution in [0.2, 0.25) is 0 Å². The molecule has 15 heavy (non-hydrogen) atoms. The summed E-state index contributed by atoms with van der Waals surface area (Å²) in [6.07, 6.45) is 0.149. The summed E-state index contributed by atoms with van der Waals surface area (Å²) in [5.74, 6) is -3.41. The van der Waals surface area contributed by atoms with Gasteiger partial charge in [0.1, 0.15) is 0 Å². The van der Waals surface area contributed by atoms with Crippen molar-refractivity contribution in [2.45, 2.75) is 6.42 Å². The van der Waals surface area contributed by atoms with Gasteiger partial charge in [-0.2, -0.15) is 12.6 Å². The van der Waals surface area contributed by atoms with Crippen molar-refractivity contribution in [3.63, 3.8) is 0 Å². The van der Waals surface area contributed by atoms with Gasteiger partial charge in [0, 0.05) is 5.75 Å². The molecular weight excluding hydrogens is 222 g/mol. The maximum Gasteiger partial charge on any atom is 0.307 e. The molecule has 0 fully saturated rings. The van der Waals surface area contributed by atoms with Crippen LogP contribution in [0.4, 0.5) is 8.78 Å². The first-order chi connectivity index (χ1) is 7.04. The summed E-state index contributed by atoms with van der Waals surface area (Å²) in [4.78, 5) is 10.7. The minimum Gasteiger partial charge on any atom is -0.481 e. The molecule has 0 radical (unpaired) electrons. The van der Waals surface area contributed by atoms with Crippen molar-refractivity contribution in [1.82, 2.24) is 0 Å². The van der Waals surface area contributed by atoms with Crippen LogP contribution in [-0.4, -0.2) is 16.8 Å². The highest BCUT2D eigenvalue weighted by Gasteiger charge is 2.16. The largest absolute Gasteiger partial charge is 0.481 e. The lowest BCUT2D eigenvalue weighted by Gasteiger charge is -2.09. The van der Waals surface area contributed by atoms with E-state index in [0.717, 1.165) is 12.1 Å². The fourth-order valence-corrected chi connectivity index (χ4v) is 1.47. The van der Waals surface area contributed by atoms with E-state index >= 15 is 0 Å². The molecule has 0 saturated carbocycles. The molecule has 0 bridgehead atoms. The molecule has 1 rings (SSSR count). The molecule has 1 aromatic carbocycles. The summed E-state index contributed by atoms with van der Waals surface area (Å²) in [7, 11) is 0. The van der Waals surface area contributed by atoms with Crippen LogP contribution in [-0.2, 0) is 11.2 Å². The zero-order valence-corrected chi connectivity index (χ0v) is 8.68. The lowest BCUT2D eigenvalue weighted by Crippen LogP contribution is -2.18. The number of carboxylic acid groups (broad SMARTS) is 1. The molecule has 1 aromatic rings. The van der Waals surface area contributed by atoms with Gasteiger partial charge in [0.05, 0.1) is 5.92 Å². The number of hydrogen-bond donors (Lipinski definition) is 2. The van der Waals surface area contributed by atoms with E-state index in [1.807, 2.05) is 0 Å². The highest BCUT2D eigenvalue weighted by atomic mass is 32.1. The molecule has 0 aromatic heterocycles. The van der Waals surface area contributed by atoms with Gasteiger partial charge in [0.15, 0.2) is 11.6 Å². The van der Waals surface area contributed by atoms with Gasteiger partial charge in [0.2, 0.25) is 0 Å². The van der Waals surface area contributed by atoms with E-state index in [2.05, 4.69) is 12.6 Å². The standard InChI is InChI=1S/C10H10F2O2S/c11-8-2-1-6(4-9(8)12)3-7(5-15)10(13)14/h1-2,4,7,15H,3,5H2,(H,13,14). The van der Waals surface area contributed by atoms with Crippen molar-refractivity contribution in [3.05, 3.63) is 35.4 Å². The predicted molar refractivity (Wildman–Crippen MR) is 55.0 cm³/mol. The Morgan fingerprint density at radius 2 is 2.07 bits per heavy atom. The van der Waals surface area contributed by atoms with Crippen molar-refractivity contribution >= 4 is 18.6 Å². The molecule has 0 aliphatic rings. The Morgan fingerprint density at radius 1 is 1.40 bits per heavy atom. The molecule has 0 saturated heterocycles. The summed E-state index contributed by atoms with van der Waals surface area (Å²) in [6.45, 7) is 0. The highest BCUT2D eigenvalue weighted by Crippen LogP contribution is 2.14. The monoisotopic (exact) mass is 232 g/mol. The lowest BCUT2D eigenvalue weighted by atomic mass is 10.0. The van der Waals surface area contributed by atoms with Crippen molar-refractivity contribution < 1.29 is 18.7 Å². The Hall–Kier alpha value is -1.10. The van der Waals surface area contributed by atoms with E-state index < -0.39 is 23.5 Å². The van der Waals surface area contributed by atoms with Gasteiger partial charge in [-0.1, -0.05) is 6.07 Å². The SMILES string of the molecule is O=C(O)C(CS)Cc1ccc(F)c(F)c1. The molecule has 2 nitrogen and oxygen atoms in total. The topological polar surface area (TPSA) is 37.3 Å². The summed E-state index contributed by atoms with van der Waals surface area (Å²) >= 11 is 3.88. The quantitative estimate of drug-likeness (QED) is 0.780. The third kappa shape index (κ3) is 3.20. The molecule has 5 heteroatoms. The van der Waals surface area contributed by atoms with E-state index in [-0.39, 0.29) is 12.2 Å². The van der Waals surface area contributed by atoms with E-state index in [4.69, 9.17) is 5.11 Å². The van der Waals surface area contributed by atoms with Crippen LogP contribution in [0.3, 0.4) is 0 Å². The van der Waals surface area contributed by atoms with Gasteiger partial charge in [-0.25, -0.2) is 8.78 Å². The van der Waals surface area contributed by atoms with Gasteiger partial charge in [-0.05, 0) is 24.1 Å². The van der Waals surface area contributed by atoms with Gasteiger partial charge in [-0.3, -0.25) is 4.79 Å². The zero-order valence-electron chi connectivity index (χ0n) is 7.78. The average molecular weight is 232 g/mol. The van der Waals surface area contributed by atoms with Crippen LogP contribution in [0.15, 0.2) is 18.2 Å². The molecule has 1 atom stereocenters. The number of aliphatic carboxylic acids is 1. The number of benzene rings is 1. The first-order valence-electron chi connectivity index (χ1n) is 4.32. The van der Waals surface area contributed by atoms with E-state index in [1.54, 1.807) is 0 Å². The Balaban J connectivity index is 2.80. The summed E-state index contributed by atoms with van der Waals surface area (Å²) in [5.41, 5.74) is 0.454. The Bertz CT molecular complexity index is 368. The Morgan fingerprint density at radius 3 is 2.53 bits per heavy atom. The maximum absolute atomic E-state index is 12.8. The smallest absolute Gasteiger partial charge is 0.307 e. The van der Waals surface area contributed by atoms with Crippen LogP contribution in [0, 0.1) is 17.6 Å². The molecule has 0 amide bonds. The normalized spacial score (nSPS) is 12.5. The number of thiol groups is 1. The van der Waals surface area contributed by atoms with E-state index in [9.17, 15) is 13.6 Å². The van der Waals surface area contributed by atoms with Gasteiger partial charge in [-0.15, -0.1) is 0 Å². The number of halogens is 2. The second-order valence-electron chi connectivity index (χ2n) is 3.17. The molecule has 0 aliphatic heterocycles. The summed E-state index contributed by atoms with van der Waals surface area (Å²) in [6, 6.07) is 3.37. The van der Waals surface area contributed by atoms with Crippen molar-refractivity contribution in [2.75, 3.05) is 5.75 Å². The summed E-state index contributed by atoms with van der Waals surface area (Å²) in [5, 5.41) is 8.74. The summed E-state index contributed by atoms with van der Waals surface area (Å²) < 4.78 is 25.4. The molecule has 1 unspecified atom stereocenters.